The van der Waals surface area contributed by atoms with Gasteiger partial charge >= 0.3 is 0 Å². The predicted octanol–water partition coefficient (Wildman–Crippen LogP) is 1.84. The SMILES string of the molecule is CC(=O)[C@H](Cc1cccnc1)NC[C@@H](N)C[Si](C)(C)C. The fourth-order valence-electron chi connectivity index (χ4n) is 2.27. The molecule has 0 aliphatic carbocycles. The molecule has 0 saturated heterocycles. The van der Waals surface area contributed by atoms with Crippen molar-refractivity contribution >= 4 is 13.9 Å². The highest BCUT2D eigenvalue weighted by molar-refractivity contribution is 6.76. The lowest BCUT2D eigenvalue weighted by atomic mass is 10.0. The normalized spacial score (nSPS) is 14.8. The van der Waals surface area contributed by atoms with E-state index in [9.17, 15) is 4.79 Å². The molecule has 4 nitrogen and oxygen atoms in total. The molecule has 0 spiro atoms. The molecule has 5 heteroatoms. The van der Waals surface area contributed by atoms with Crippen LogP contribution in [-0.2, 0) is 11.2 Å². The Balaban J connectivity index is 2.50. The molecule has 0 amide bonds. The predicted molar refractivity (Wildman–Crippen MR) is 86.5 cm³/mol. The van der Waals surface area contributed by atoms with Crippen LogP contribution in [-0.4, -0.2) is 37.5 Å². The second kappa shape index (κ2) is 7.66. The van der Waals surface area contributed by atoms with Crippen LogP contribution >= 0.6 is 0 Å². The summed E-state index contributed by atoms with van der Waals surface area (Å²) < 4.78 is 0. The van der Waals surface area contributed by atoms with Gasteiger partial charge < -0.3 is 11.1 Å². The topological polar surface area (TPSA) is 68.0 Å². The number of rotatable bonds is 8. The second-order valence-corrected chi connectivity index (χ2v) is 12.2. The van der Waals surface area contributed by atoms with Crippen molar-refractivity contribution in [1.82, 2.24) is 10.3 Å². The smallest absolute Gasteiger partial charge is 0.147 e. The van der Waals surface area contributed by atoms with Gasteiger partial charge in [-0.1, -0.05) is 25.7 Å². The molecule has 3 N–H and O–H groups in total. The Bertz CT molecular complexity index is 417. The van der Waals surface area contributed by atoms with Crippen LogP contribution in [0.1, 0.15) is 12.5 Å². The molecule has 2 atom stereocenters. The van der Waals surface area contributed by atoms with Crippen LogP contribution < -0.4 is 11.1 Å². The van der Waals surface area contributed by atoms with Crippen molar-refractivity contribution in [3.8, 4) is 0 Å². The number of nitrogens with zero attached hydrogens (tertiary/aromatic N) is 1. The molecule has 0 aromatic carbocycles. The van der Waals surface area contributed by atoms with Gasteiger partial charge in [0.15, 0.2) is 0 Å². The van der Waals surface area contributed by atoms with Gasteiger partial charge in [0.2, 0.25) is 0 Å². The first-order valence-electron chi connectivity index (χ1n) is 7.16. The Morgan fingerprint density at radius 2 is 2.15 bits per heavy atom. The molecule has 20 heavy (non-hydrogen) atoms. The summed E-state index contributed by atoms with van der Waals surface area (Å²) in [5.41, 5.74) is 7.22. The number of carbonyl (C=O) groups is 1. The number of ketones is 1. The fourth-order valence-corrected chi connectivity index (χ4v) is 3.98. The van der Waals surface area contributed by atoms with Gasteiger partial charge in [-0.15, -0.1) is 0 Å². The average Bonchev–Trinajstić information content (AvgIpc) is 2.33. The number of nitrogens with two attached hydrogens (primary N) is 1. The van der Waals surface area contributed by atoms with Crippen molar-refractivity contribution in [3.63, 3.8) is 0 Å². The Kier molecular flexibility index (Phi) is 6.52. The maximum atomic E-state index is 11.7. The first-order valence-corrected chi connectivity index (χ1v) is 10.9. The Morgan fingerprint density at radius 3 is 2.65 bits per heavy atom. The first kappa shape index (κ1) is 17.0. The summed E-state index contributed by atoms with van der Waals surface area (Å²) in [4.78, 5) is 15.8. The van der Waals surface area contributed by atoms with Gasteiger partial charge in [0.05, 0.1) is 6.04 Å². The monoisotopic (exact) mass is 293 g/mol. The van der Waals surface area contributed by atoms with Crippen LogP contribution in [0.25, 0.3) is 0 Å². The number of carbonyl (C=O) groups excluding carboxylic acids is 1. The highest BCUT2D eigenvalue weighted by Crippen LogP contribution is 2.10. The van der Waals surface area contributed by atoms with Crippen LogP contribution in [0.5, 0.6) is 0 Å². The average molecular weight is 293 g/mol. The molecular formula is C15H27N3OSi. The van der Waals surface area contributed by atoms with Gasteiger partial charge in [0.1, 0.15) is 5.78 Å². The first-order chi connectivity index (χ1) is 9.28. The number of hydrogen-bond acceptors (Lipinski definition) is 4. The van der Waals surface area contributed by atoms with E-state index in [-0.39, 0.29) is 17.9 Å². The zero-order valence-electron chi connectivity index (χ0n) is 13.0. The van der Waals surface area contributed by atoms with E-state index in [4.69, 9.17) is 5.73 Å². The molecule has 0 unspecified atom stereocenters. The van der Waals surface area contributed by atoms with Crippen LogP contribution in [0.15, 0.2) is 24.5 Å². The maximum Gasteiger partial charge on any atom is 0.147 e. The lowest BCUT2D eigenvalue weighted by Gasteiger charge is -2.24. The molecule has 0 saturated carbocycles. The van der Waals surface area contributed by atoms with E-state index in [1.54, 1.807) is 19.3 Å². The van der Waals surface area contributed by atoms with Crippen LogP contribution in [0.3, 0.4) is 0 Å². The number of Topliss-reactive ketones (excluding diaryl/α,β-unsaturated/α-hetero) is 1. The summed E-state index contributed by atoms with van der Waals surface area (Å²) in [6.07, 6.45) is 4.21. The number of nitrogens with one attached hydrogen (secondary N) is 1. The summed E-state index contributed by atoms with van der Waals surface area (Å²) in [7, 11) is -1.15. The van der Waals surface area contributed by atoms with Crippen LogP contribution in [0, 0.1) is 0 Å². The summed E-state index contributed by atoms with van der Waals surface area (Å²) in [6, 6.07) is 4.90. The van der Waals surface area contributed by atoms with Crippen molar-refractivity contribution < 1.29 is 4.79 Å². The van der Waals surface area contributed by atoms with Gasteiger partial charge in [-0.3, -0.25) is 9.78 Å². The molecule has 112 valence electrons. The summed E-state index contributed by atoms with van der Waals surface area (Å²) in [5, 5.41) is 3.31. The largest absolute Gasteiger partial charge is 0.327 e. The molecule has 0 radical (unpaired) electrons. The quantitative estimate of drug-likeness (QED) is 0.718. The van der Waals surface area contributed by atoms with Crippen molar-refractivity contribution in [2.75, 3.05) is 6.54 Å². The van der Waals surface area contributed by atoms with E-state index >= 15 is 0 Å². The molecule has 1 heterocycles. The molecule has 1 aromatic rings. The molecular weight excluding hydrogens is 266 g/mol. The van der Waals surface area contributed by atoms with E-state index in [0.717, 1.165) is 11.6 Å². The van der Waals surface area contributed by atoms with Gasteiger partial charge in [0.25, 0.3) is 0 Å². The lowest BCUT2D eigenvalue weighted by Crippen LogP contribution is -2.46. The molecule has 1 aromatic heterocycles. The third kappa shape index (κ3) is 6.93. The number of aromatic nitrogens is 1. The molecule has 0 aliphatic rings. The fraction of sp³-hybridized carbons (Fsp3) is 0.600. The highest BCUT2D eigenvalue weighted by atomic mass is 28.3. The maximum absolute atomic E-state index is 11.7. The summed E-state index contributed by atoms with van der Waals surface area (Å²) in [5.74, 6) is 0.147. The van der Waals surface area contributed by atoms with E-state index in [0.29, 0.717) is 13.0 Å². The van der Waals surface area contributed by atoms with E-state index in [1.165, 1.54) is 0 Å². The number of hydrogen-bond donors (Lipinski definition) is 2. The zero-order valence-corrected chi connectivity index (χ0v) is 14.0. The minimum atomic E-state index is -1.15. The van der Waals surface area contributed by atoms with Crippen molar-refractivity contribution in [1.29, 1.82) is 0 Å². The zero-order chi connectivity index (χ0) is 15.2. The van der Waals surface area contributed by atoms with Gasteiger partial charge in [-0.2, -0.15) is 0 Å². The van der Waals surface area contributed by atoms with Gasteiger partial charge in [-0.25, -0.2) is 0 Å². The lowest BCUT2D eigenvalue weighted by molar-refractivity contribution is -0.118. The second-order valence-electron chi connectivity index (χ2n) is 6.66. The van der Waals surface area contributed by atoms with Crippen molar-refractivity contribution in [3.05, 3.63) is 30.1 Å². The molecule has 0 aliphatic heterocycles. The minimum absolute atomic E-state index is 0.123. The molecule has 1 rings (SSSR count). The Labute approximate surface area is 123 Å². The third-order valence-electron chi connectivity index (χ3n) is 3.15. The van der Waals surface area contributed by atoms with E-state index in [1.807, 2.05) is 12.1 Å². The van der Waals surface area contributed by atoms with Crippen LogP contribution in [0.2, 0.25) is 25.7 Å². The summed E-state index contributed by atoms with van der Waals surface area (Å²) in [6.45, 7) is 9.24. The van der Waals surface area contributed by atoms with Gasteiger partial charge in [-0.05, 0) is 31.0 Å². The number of pyridine rings is 1. The minimum Gasteiger partial charge on any atom is -0.327 e. The molecule has 0 bridgehead atoms. The van der Waals surface area contributed by atoms with E-state index < -0.39 is 8.07 Å². The summed E-state index contributed by atoms with van der Waals surface area (Å²) >= 11 is 0. The standard InChI is InChI=1S/C15H27N3OSi/c1-12(19)15(8-13-6-5-7-17-9-13)18-10-14(16)11-20(2,3)4/h5-7,9,14-15,18H,8,10-11,16H2,1-4H3/t14-,15+/m1/s1. The highest BCUT2D eigenvalue weighted by Gasteiger charge is 2.20. The van der Waals surface area contributed by atoms with Crippen LogP contribution in [0.4, 0.5) is 0 Å². The van der Waals surface area contributed by atoms with Gasteiger partial charge in [0, 0.05) is 33.1 Å². The Morgan fingerprint density at radius 1 is 1.45 bits per heavy atom. The third-order valence-corrected chi connectivity index (χ3v) is 4.90. The molecule has 0 fully saturated rings. The van der Waals surface area contributed by atoms with E-state index in [2.05, 4.69) is 29.9 Å². The van der Waals surface area contributed by atoms with Crippen molar-refractivity contribution in [2.24, 2.45) is 5.73 Å². The van der Waals surface area contributed by atoms with Crippen molar-refractivity contribution in [2.45, 2.75) is 51.1 Å². The Hall–Kier alpha value is -1.04.